The Balaban J connectivity index is 1.79. The standard InChI is InChI=1S/C21H20N2O4/c1-3-26-18-7-5-4-6-15(18)17-13-23-10-11-27-19-12-14(21(24)25-2)8-9-16(19)20(23)22-17/h4-9,12-13H,3,10-11H2,1-2H3. The number of aromatic nitrogens is 2. The van der Waals surface area contributed by atoms with Crippen LogP contribution in [0.15, 0.2) is 48.7 Å². The van der Waals surface area contributed by atoms with Crippen LogP contribution in [0.3, 0.4) is 0 Å². The molecule has 3 aromatic rings. The largest absolute Gasteiger partial charge is 0.493 e. The van der Waals surface area contributed by atoms with Gasteiger partial charge in [0.25, 0.3) is 0 Å². The van der Waals surface area contributed by atoms with E-state index in [-0.39, 0.29) is 5.97 Å². The summed E-state index contributed by atoms with van der Waals surface area (Å²) in [6, 6.07) is 13.2. The van der Waals surface area contributed by atoms with Gasteiger partial charge in [0.05, 0.1) is 37.1 Å². The molecule has 1 aliphatic rings. The van der Waals surface area contributed by atoms with Crippen LogP contribution in [0.1, 0.15) is 17.3 Å². The first kappa shape index (κ1) is 17.1. The zero-order chi connectivity index (χ0) is 18.8. The van der Waals surface area contributed by atoms with E-state index >= 15 is 0 Å². The number of nitrogens with zero attached hydrogens (tertiary/aromatic N) is 2. The molecule has 1 aromatic heterocycles. The molecule has 2 aromatic carbocycles. The van der Waals surface area contributed by atoms with E-state index in [2.05, 4.69) is 4.57 Å². The number of methoxy groups -OCH3 is 1. The van der Waals surface area contributed by atoms with Crippen molar-refractivity contribution in [2.45, 2.75) is 13.5 Å². The molecule has 0 saturated heterocycles. The second-order valence-electron chi connectivity index (χ2n) is 6.12. The van der Waals surface area contributed by atoms with Crippen molar-refractivity contribution in [2.24, 2.45) is 0 Å². The molecule has 0 unspecified atom stereocenters. The number of imidazole rings is 1. The average Bonchev–Trinajstić information content (AvgIpc) is 3.04. The number of fused-ring (bicyclic) bond motifs is 3. The van der Waals surface area contributed by atoms with E-state index in [9.17, 15) is 4.79 Å². The summed E-state index contributed by atoms with van der Waals surface area (Å²) in [4.78, 5) is 16.7. The second-order valence-corrected chi connectivity index (χ2v) is 6.12. The van der Waals surface area contributed by atoms with Crippen molar-refractivity contribution in [3.8, 4) is 34.1 Å². The van der Waals surface area contributed by atoms with Gasteiger partial charge < -0.3 is 18.8 Å². The molecule has 27 heavy (non-hydrogen) atoms. The zero-order valence-corrected chi connectivity index (χ0v) is 15.3. The predicted molar refractivity (Wildman–Crippen MR) is 101 cm³/mol. The normalized spacial score (nSPS) is 12.4. The number of esters is 1. The number of carbonyl (C=O) groups is 1. The topological polar surface area (TPSA) is 62.6 Å². The molecule has 6 nitrogen and oxygen atoms in total. The molecule has 2 heterocycles. The summed E-state index contributed by atoms with van der Waals surface area (Å²) in [5, 5.41) is 0. The molecule has 0 N–H and O–H groups in total. The fourth-order valence-electron chi connectivity index (χ4n) is 3.22. The number of hydrogen-bond acceptors (Lipinski definition) is 5. The first-order chi connectivity index (χ1) is 13.2. The Kier molecular flexibility index (Phi) is 4.54. The monoisotopic (exact) mass is 364 g/mol. The third-order valence-electron chi connectivity index (χ3n) is 4.47. The van der Waals surface area contributed by atoms with E-state index in [1.807, 2.05) is 43.5 Å². The molecule has 1 aliphatic heterocycles. The SMILES string of the molecule is CCOc1ccccc1-c1cn2c(n1)-c1ccc(C(=O)OC)cc1OCC2. The van der Waals surface area contributed by atoms with Gasteiger partial charge in [-0.25, -0.2) is 9.78 Å². The van der Waals surface area contributed by atoms with Crippen LogP contribution in [-0.2, 0) is 11.3 Å². The van der Waals surface area contributed by atoms with E-state index in [0.29, 0.717) is 31.1 Å². The lowest BCUT2D eigenvalue weighted by Crippen LogP contribution is -2.05. The second kappa shape index (κ2) is 7.15. The minimum atomic E-state index is -0.389. The summed E-state index contributed by atoms with van der Waals surface area (Å²) < 4.78 is 18.5. The van der Waals surface area contributed by atoms with Crippen LogP contribution >= 0.6 is 0 Å². The van der Waals surface area contributed by atoms with Crippen molar-refractivity contribution in [2.75, 3.05) is 20.3 Å². The fraction of sp³-hybridized carbons (Fsp3) is 0.238. The number of para-hydroxylation sites is 1. The van der Waals surface area contributed by atoms with Crippen molar-refractivity contribution in [1.82, 2.24) is 9.55 Å². The maximum Gasteiger partial charge on any atom is 0.337 e. The van der Waals surface area contributed by atoms with Crippen LogP contribution in [0.2, 0.25) is 0 Å². The van der Waals surface area contributed by atoms with Crippen LogP contribution in [0.5, 0.6) is 11.5 Å². The molecular weight excluding hydrogens is 344 g/mol. The smallest absolute Gasteiger partial charge is 0.337 e. The number of hydrogen-bond donors (Lipinski definition) is 0. The zero-order valence-electron chi connectivity index (χ0n) is 15.3. The highest BCUT2D eigenvalue weighted by molar-refractivity contribution is 5.91. The molecular formula is C21H20N2O4. The minimum absolute atomic E-state index is 0.389. The van der Waals surface area contributed by atoms with Gasteiger partial charge in [-0.3, -0.25) is 0 Å². The molecule has 0 amide bonds. The van der Waals surface area contributed by atoms with Gasteiger partial charge in [-0.15, -0.1) is 0 Å². The van der Waals surface area contributed by atoms with Crippen LogP contribution in [-0.4, -0.2) is 35.8 Å². The van der Waals surface area contributed by atoms with E-state index in [1.165, 1.54) is 7.11 Å². The quantitative estimate of drug-likeness (QED) is 0.659. The van der Waals surface area contributed by atoms with Gasteiger partial charge in [0.2, 0.25) is 0 Å². The van der Waals surface area contributed by atoms with E-state index < -0.39 is 0 Å². The lowest BCUT2D eigenvalue weighted by atomic mass is 10.1. The Morgan fingerprint density at radius 3 is 2.89 bits per heavy atom. The van der Waals surface area contributed by atoms with Gasteiger partial charge in [0, 0.05) is 11.8 Å². The molecule has 0 aliphatic carbocycles. The van der Waals surface area contributed by atoms with Crippen LogP contribution < -0.4 is 9.47 Å². The highest BCUT2D eigenvalue weighted by Crippen LogP contribution is 2.36. The van der Waals surface area contributed by atoms with Crippen molar-refractivity contribution >= 4 is 5.97 Å². The Morgan fingerprint density at radius 2 is 2.07 bits per heavy atom. The van der Waals surface area contributed by atoms with Crippen molar-refractivity contribution in [3.63, 3.8) is 0 Å². The lowest BCUT2D eigenvalue weighted by molar-refractivity contribution is 0.0600. The van der Waals surface area contributed by atoms with Crippen LogP contribution in [0.25, 0.3) is 22.6 Å². The number of carbonyl (C=O) groups excluding carboxylic acids is 1. The maximum absolute atomic E-state index is 11.8. The molecule has 0 spiro atoms. The molecule has 0 atom stereocenters. The van der Waals surface area contributed by atoms with Gasteiger partial charge in [-0.05, 0) is 37.3 Å². The van der Waals surface area contributed by atoms with Gasteiger partial charge in [0.15, 0.2) is 0 Å². The summed E-state index contributed by atoms with van der Waals surface area (Å²) in [6.45, 7) is 3.72. The van der Waals surface area contributed by atoms with Gasteiger partial charge in [-0.1, -0.05) is 12.1 Å². The Hall–Kier alpha value is -3.28. The molecule has 138 valence electrons. The summed E-state index contributed by atoms with van der Waals surface area (Å²) in [7, 11) is 1.36. The number of rotatable bonds is 4. The number of ether oxygens (including phenoxy) is 3. The first-order valence-corrected chi connectivity index (χ1v) is 8.86. The molecule has 6 heteroatoms. The number of benzene rings is 2. The van der Waals surface area contributed by atoms with E-state index in [0.717, 1.165) is 28.4 Å². The Morgan fingerprint density at radius 1 is 1.22 bits per heavy atom. The highest BCUT2D eigenvalue weighted by Gasteiger charge is 2.21. The molecule has 0 radical (unpaired) electrons. The molecule has 4 rings (SSSR count). The lowest BCUT2D eigenvalue weighted by Gasteiger charge is -2.09. The van der Waals surface area contributed by atoms with E-state index in [4.69, 9.17) is 19.2 Å². The highest BCUT2D eigenvalue weighted by atomic mass is 16.5. The van der Waals surface area contributed by atoms with Crippen LogP contribution in [0.4, 0.5) is 0 Å². The summed E-state index contributed by atoms with van der Waals surface area (Å²) in [5.74, 6) is 1.86. The van der Waals surface area contributed by atoms with Gasteiger partial charge in [0.1, 0.15) is 23.9 Å². The summed E-state index contributed by atoms with van der Waals surface area (Å²) in [6.07, 6.45) is 2.01. The molecule has 0 saturated carbocycles. The Bertz CT molecular complexity index is 994. The predicted octanol–water partition coefficient (Wildman–Crippen LogP) is 3.79. The summed E-state index contributed by atoms with van der Waals surface area (Å²) in [5.41, 5.74) is 3.10. The van der Waals surface area contributed by atoms with Crippen molar-refractivity contribution in [1.29, 1.82) is 0 Å². The van der Waals surface area contributed by atoms with Gasteiger partial charge >= 0.3 is 5.97 Å². The molecule has 0 fully saturated rings. The minimum Gasteiger partial charge on any atom is -0.493 e. The average molecular weight is 364 g/mol. The summed E-state index contributed by atoms with van der Waals surface area (Å²) >= 11 is 0. The Labute approximate surface area is 157 Å². The molecule has 0 bridgehead atoms. The van der Waals surface area contributed by atoms with E-state index in [1.54, 1.807) is 12.1 Å². The van der Waals surface area contributed by atoms with Crippen molar-refractivity contribution < 1.29 is 19.0 Å². The maximum atomic E-state index is 11.8. The third-order valence-corrected chi connectivity index (χ3v) is 4.47. The van der Waals surface area contributed by atoms with Crippen LogP contribution in [0, 0.1) is 0 Å². The third kappa shape index (κ3) is 3.14. The van der Waals surface area contributed by atoms with Crippen molar-refractivity contribution in [3.05, 3.63) is 54.2 Å². The van der Waals surface area contributed by atoms with Gasteiger partial charge in [-0.2, -0.15) is 0 Å². The fourth-order valence-corrected chi connectivity index (χ4v) is 3.22. The first-order valence-electron chi connectivity index (χ1n) is 8.86.